The van der Waals surface area contributed by atoms with E-state index in [1.54, 1.807) is 6.20 Å². The van der Waals surface area contributed by atoms with Crippen molar-refractivity contribution in [3.63, 3.8) is 0 Å². The lowest BCUT2D eigenvalue weighted by Crippen LogP contribution is -2.60. The van der Waals surface area contributed by atoms with Crippen LogP contribution in [0.5, 0.6) is 0 Å². The fourth-order valence-corrected chi connectivity index (χ4v) is 4.03. The molecule has 0 radical (unpaired) electrons. The molecule has 5 rings (SSSR count). The summed E-state index contributed by atoms with van der Waals surface area (Å²) < 4.78 is 0. The van der Waals surface area contributed by atoms with Gasteiger partial charge in [-0.25, -0.2) is 9.97 Å². The van der Waals surface area contributed by atoms with E-state index < -0.39 is 0 Å². The van der Waals surface area contributed by atoms with Gasteiger partial charge in [0.25, 0.3) is 5.91 Å². The lowest BCUT2D eigenvalue weighted by atomic mass is 9.81. The fourth-order valence-electron chi connectivity index (χ4n) is 4.03. The number of carbonyl (C=O) groups is 1. The van der Waals surface area contributed by atoms with E-state index in [9.17, 15) is 4.79 Å². The zero-order chi connectivity index (χ0) is 14.8. The molecule has 0 spiro atoms. The number of nitrogen functional groups attached to an aromatic ring is 1. The summed E-state index contributed by atoms with van der Waals surface area (Å²) in [5.74, 6) is 4.04. The Morgan fingerprint density at radius 1 is 1.14 bits per heavy atom. The van der Waals surface area contributed by atoms with Gasteiger partial charge < -0.3 is 10.6 Å². The van der Waals surface area contributed by atoms with Gasteiger partial charge >= 0.3 is 0 Å². The molecular weight excluding hydrogens is 276 g/mol. The molecule has 1 aliphatic heterocycles. The number of rotatable bonds is 4. The third-order valence-corrected chi connectivity index (χ3v) is 5.81. The molecule has 1 aromatic heterocycles. The van der Waals surface area contributed by atoms with Crippen molar-refractivity contribution < 1.29 is 4.79 Å². The zero-order valence-corrected chi connectivity index (χ0v) is 12.7. The Balaban J connectivity index is 1.37. The van der Waals surface area contributed by atoms with Crippen molar-refractivity contribution in [1.82, 2.24) is 14.9 Å². The Kier molecular flexibility index (Phi) is 2.59. The van der Waals surface area contributed by atoms with Gasteiger partial charge in [0.05, 0.1) is 0 Å². The van der Waals surface area contributed by atoms with E-state index in [0.717, 1.165) is 43.0 Å². The first-order chi connectivity index (χ1) is 10.7. The summed E-state index contributed by atoms with van der Waals surface area (Å²) in [6.07, 6.45) is 9.23. The first kappa shape index (κ1) is 12.9. The molecule has 2 atom stereocenters. The van der Waals surface area contributed by atoms with Gasteiger partial charge in [0.2, 0.25) is 0 Å². The summed E-state index contributed by atoms with van der Waals surface area (Å²) in [6.45, 7) is 0.911. The van der Waals surface area contributed by atoms with Crippen LogP contribution >= 0.6 is 0 Å². The summed E-state index contributed by atoms with van der Waals surface area (Å²) in [4.78, 5) is 23.6. The average molecular weight is 298 g/mol. The smallest absolute Gasteiger partial charge is 0.259 e. The van der Waals surface area contributed by atoms with Crippen LogP contribution in [-0.2, 0) is 0 Å². The molecular formula is C17H22N4O. The van der Waals surface area contributed by atoms with E-state index in [0.29, 0.717) is 23.3 Å². The van der Waals surface area contributed by atoms with Gasteiger partial charge in [-0.1, -0.05) is 0 Å². The molecule has 3 aliphatic carbocycles. The fraction of sp³-hybridized carbons (Fsp3) is 0.706. The van der Waals surface area contributed by atoms with Crippen molar-refractivity contribution in [2.75, 3.05) is 12.3 Å². The Labute approximate surface area is 130 Å². The number of nitrogens with two attached hydrogens (primary N) is 1. The first-order valence-electron chi connectivity index (χ1n) is 8.65. The van der Waals surface area contributed by atoms with Crippen LogP contribution in [0.3, 0.4) is 0 Å². The number of nitrogens with zero attached hydrogens (tertiary/aromatic N) is 3. The van der Waals surface area contributed by atoms with E-state index in [2.05, 4.69) is 9.97 Å². The van der Waals surface area contributed by atoms with Gasteiger partial charge in [-0.3, -0.25) is 4.79 Å². The standard InChI is InChI=1S/C17H22N4O/c18-15-12(7-19-16(20-15)11-5-6-11)17(22)21-8-13(9-1-2-9)14(21)10-3-4-10/h7,9-11,13-14H,1-6,8H2,(H2,18,19,20). The Bertz CT molecular complexity index is 634. The SMILES string of the molecule is Nc1nc(C2CC2)ncc1C(=O)N1CC(C2CC2)C1C1CC1. The van der Waals surface area contributed by atoms with Gasteiger partial charge in [0.15, 0.2) is 0 Å². The maximum atomic E-state index is 12.8. The van der Waals surface area contributed by atoms with Crippen molar-refractivity contribution in [3.05, 3.63) is 17.6 Å². The maximum absolute atomic E-state index is 12.8. The van der Waals surface area contributed by atoms with Gasteiger partial charge in [-0.2, -0.15) is 0 Å². The Morgan fingerprint density at radius 2 is 1.86 bits per heavy atom. The van der Waals surface area contributed by atoms with E-state index in [-0.39, 0.29) is 5.91 Å². The molecule has 3 saturated carbocycles. The molecule has 4 fully saturated rings. The Morgan fingerprint density at radius 3 is 2.45 bits per heavy atom. The minimum absolute atomic E-state index is 0.0497. The van der Waals surface area contributed by atoms with Crippen LogP contribution in [-0.4, -0.2) is 33.4 Å². The first-order valence-corrected chi connectivity index (χ1v) is 8.65. The van der Waals surface area contributed by atoms with Gasteiger partial charge in [0.1, 0.15) is 17.2 Å². The number of likely N-dealkylation sites (tertiary alicyclic amines) is 1. The van der Waals surface area contributed by atoms with Crippen molar-refractivity contribution in [2.24, 2.45) is 17.8 Å². The number of aromatic nitrogens is 2. The van der Waals surface area contributed by atoms with Gasteiger partial charge in [0, 0.05) is 30.6 Å². The minimum Gasteiger partial charge on any atom is -0.383 e. The number of amides is 1. The minimum atomic E-state index is 0.0497. The molecule has 116 valence electrons. The predicted molar refractivity (Wildman–Crippen MR) is 82.2 cm³/mol. The summed E-state index contributed by atoms with van der Waals surface area (Å²) in [7, 11) is 0. The van der Waals surface area contributed by atoms with Crippen LogP contribution in [0.2, 0.25) is 0 Å². The molecule has 5 heteroatoms. The highest BCUT2D eigenvalue weighted by Crippen LogP contribution is 2.52. The molecule has 1 aromatic rings. The highest BCUT2D eigenvalue weighted by atomic mass is 16.2. The van der Waals surface area contributed by atoms with Crippen LogP contribution in [0.4, 0.5) is 5.82 Å². The van der Waals surface area contributed by atoms with Crippen LogP contribution < -0.4 is 5.73 Å². The van der Waals surface area contributed by atoms with E-state index in [4.69, 9.17) is 5.73 Å². The quantitative estimate of drug-likeness (QED) is 0.925. The number of hydrogen-bond donors (Lipinski definition) is 1. The number of anilines is 1. The predicted octanol–water partition coefficient (Wildman–Crippen LogP) is 2.20. The summed E-state index contributed by atoms with van der Waals surface area (Å²) in [5.41, 5.74) is 6.55. The van der Waals surface area contributed by atoms with Gasteiger partial charge in [-0.05, 0) is 50.4 Å². The lowest BCUT2D eigenvalue weighted by Gasteiger charge is -2.49. The van der Waals surface area contributed by atoms with Crippen molar-refractivity contribution in [3.8, 4) is 0 Å². The second-order valence-corrected chi connectivity index (χ2v) is 7.59. The molecule has 0 bridgehead atoms. The van der Waals surface area contributed by atoms with Crippen LogP contribution in [0.15, 0.2) is 6.20 Å². The van der Waals surface area contributed by atoms with Crippen molar-refractivity contribution in [2.45, 2.75) is 50.5 Å². The highest BCUT2D eigenvalue weighted by Gasteiger charge is 2.54. The largest absolute Gasteiger partial charge is 0.383 e. The topological polar surface area (TPSA) is 72.1 Å². The molecule has 2 N–H and O–H groups in total. The van der Waals surface area contributed by atoms with E-state index in [1.807, 2.05) is 4.90 Å². The molecule has 1 amide bonds. The van der Waals surface area contributed by atoms with Gasteiger partial charge in [-0.15, -0.1) is 0 Å². The van der Waals surface area contributed by atoms with E-state index in [1.165, 1.54) is 25.7 Å². The zero-order valence-electron chi connectivity index (χ0n) is 12.7. The molecule has 2 heterocycles. The lowest BCUT2D eigenvalue weighted by molar-refractivity contribution is -0.00197. The normalized spacial score (nSPS) is 31.0. The van der Waals surface area contributed by atoms with Crippen molar-refractivity contribution in [1.29, 1.82) is 0 Å². The molecule has 0 aromatic carbocycles. The average Bonchev–Trinajstić information content (AvgIpc) is 3.33. The van der Waals surface area contributed by atoms with Crippen LogP contribution in [0, 0.1) is 17.8 Å². The molecule has 22 heavy (non-hydrogen) atoms. The second kappa shape index (κ2) is 4.43. The summed E-state index contributed by atoms with van der Waals surface area (Å²) >= 11 is 0. The second-order valence-electron chi connectivity index (χ2n) is 7.59. The summed E-state index contributed by atoms with van der Waals surface area (Å²) in [5, 5.41) is 0. The third-order valence-electron chi connectivity index (χ3n) is 5.81. The number of carbonyl (C=O) groups excluding carboxylic acids is 1. The molecule has 2 unspecified atom stereocenters. The van der Waals surface area contributed by atoms with E-state index >= 15 is 0 Å². The maximum Gasteiger partial charge on any atom is 0.259 e. The Hall–Kier alpha value is -1.65. The van der Waals surface area contributed by atoms with Crippen LogP contribution in [0.1, 0.15) is 60.6 Å². The van der Waals surface area contributed by atoms with Crippen LogP contribution in [0.25, 0.3) is 0 Å². The molecule has 1 saturated heterocycles. The monoisotopic (exact) mass is 298 g/mol. The molecule has 4 aliphatic rings. The van der Waals surface area contributed by atoms with Crippen molar-refractivity contribution >= 4 is 11.7 Å². The highest BCUT2D eigenvalue weighted by molar-refractivity contribution is 5.98. The summed E-state index contributed by atoms with van der Waals surface area (Å²) in [6, 6.07) is 0.461. The molecule has 5 nitrogen and oxygen atoms in total. The third kappa shape index (κ3) is 2.02. The number of hydrogen-bond acceptors (Lipinski definition) is 4.